The van der Waals surface area contributed by atoms with Crippen LogP contribution in [-0.4, -0.2) is 4.98 Å². The van der Waals surface area contributed by atoms with Gasteiger partial charge in [0.1, 0.15) is 0 Å². The maximum atomic E-state index is 4.80. The lowest BCUT2D eigenvalue weighted by Gasteiger charge is -2.18. The molecule has 2 aromatic heterocycles. The van der Waals surface area contributed by atoms with E-state index in [2.05, 4.69) is 72.8 Å². The molecule has 0 N–H and O–H groups in total. The van der Waals surface area contributed by atoms with Crippen molar-refractivity contribution in [3.63, 3.8) is 0 Å². The van der Waals surface area contributed by atoms with Gasteiger partial charge in [0.15, 0.2) is 0 Å². The van der Waals surface area contributed by atoms with Crippen LogP contribution in [0.5, 0.6) is 0 Å². The number of nitrogens with zero attached hydrogens (tertiary/aromatic N) is 1. The number of hydrogen-bond donors (Lipinski definition) is 0. The summed E-state index contributed by atoms with van der Waals surface area (Å²) in [5.74, 6) is 0. The Balaban J connectivity index is 1.55. The molecule has 1 aliphatic carbocycles. The van der Waals surface area contributed by atoms with Gasteiger partial charge in [0.2, 0.25) is 0 Å². The van der Waals surface area contributed by atoms with Crippen LogP contribution in [0.25, 0.3) is 42.6 Å². The monoisotopic (exact) mass is 391 g/mol. The zero-order valence-corrected chi connectivity index (χ0v) is 17.0. The van der Waals surface area contributed by atoms with Crippen LogP contribution in [0.3, 0.4) is 0 Å². The Labute approximate surface area is 174 Å². The third-order valence-electron chi connectivity index (χ3n) is 6.13. The first-order valence-electron chi connectivity index (χ1n) is 10.4. The molecule has 0 fully saturated rings. The number of hydrogen-bond acceptors (Lipinski definition) is 2. The smallest absolute Gasteiger partial charge is 0.0736 e. The lowest BCUT2D eigenvalue weighted by atomic mass is 9.89. The van der Waals surface area contributed by atoms with Crippen molar-refractivity contribution in [2.75, 3.05) is 0 Å². The van der Waals surface area contributed by atoms with Crippen molar-refractivity contribution in [3.8, 4) is 22.4 Å². The first-order valence-corrected chi connectivity index (χ1v) is 11.2. The van der Waals surface area contributed by atoms with Gasteiger partial charge >= 0.3 is 0 Å². The molecule has 0 aliphatic heterocycles. The zero-order valence-electron chi connectivity index (χ0n) is 16.2. The predicted octanol–water partition coefficient (Wildman–Crippen LogP) is 7.66. The molecule has 0 spiro atoms. The number of aromatic nitrogens is 1. The molecule has 3 aromatic carbocycles. The number of fused-ring (bicyclic) bond motifs is 4. The second-order valence-corrected chi connectivity index (χ2v) is 8.98. The third-order valence-corrected chi connectivity index (χ3v) is 7.28. The van der Waals surface area contributed by atoms with Crippen molar-refractivity contribution in [1.82, 2.24) is 4.98 Å². The van der Waals surface area contributed by atoms with Crippen LogP contribution in [-0.2, 0) is 12.8 Å². The Hall–Kier alpha value is -2.97. The van der Waals surface area contributed by atoms with Gasteiger partial charge in [-0.15, -0.1) is 11.3 Å². The molecule has 6 rings (SSSR count). The molecule has 5 aromatic rings. The predicted molar refractivity (Wildman–Crippen MR) is 125 cm³/mol. The van der Waals surface area contributed by atoms with Crippen LogP contribution >= 0.6 is 11.3 Å². The Morgan fingerprint density at radius 1 is 0.655 bits per heavy atom. The van der Waals surface area contributed by atoms with Crippen LogP contribution < -0.4 is 0 Å². The molecule has 2 heteroatoms. The second kappa shape index (κ2) is 6.82. The summed E-state index contributed by atoms with van der Waals surface area (Å²) in [6.45, 7) is 0. The van der Waals surface area contributed by atoms with Crippen LogP contribution in [0.2, 0.25) is 0 Å². The van der Waals surface area contributed by atoms with Gasteiger partial charge < -0.3 is 0 Å². The molecule has 1 aliphatic rings. The summed E-state index contributed by atoms with van der Waals surface area (Å²) in [4.78, 5) is 4.80. The van der Waals surface area contributed by atoms with Gasteiger partial charge in [0.05, 0.1) is 5.69 Å². The van der Waals surface area contributed by atoms with Gasteiger partial charge in [-0.05, 0) is 78.3 Å². The summed E-state index contributed by atoms with van der Waals surface area (Å²) < 4.78 is 2.69. The SMILES string of the molecule is c1ccc(-c2ccc3sc4ccc(-c5nccc6c5CCCC6)cc4c3c2)cc1. The van der Waals surface area contributed by atoms with E-state index < -0.39 is 0 Å². The van der Waals surface area contributed by atoms with E-state index in [0.29, 0.717) is 0 Å². The van der Waals surface area contributed by atoms with E-state index in [4.69, 9.17) is 4.98 Å². The molecule has 1 nitrogen and oxygen atoms in total. The van der Waals surface area contributed by atoms with Crippen LogP contribution in [0.1, 0.15) is 24.0 Å². The van der Waals surface area contributed by atoms with Gasteiger partial charge in [-0.2, -0.15) is 0 Å². The number of thiophene rings is 1. The minimum Gasteiger partial charge on any atom is -0.256 e. The highest BCUT2D eigenvalue weighted by molar-refractivity contribution is 7.25. The van der Waals surface area contributed by atoms with E-state index >= 15 is 0 Å². The summed E-state index contributed by atoms with van der Waals surface area (Å²) in [6, 6.07) is 26.6. The van der Waals surface area contributed by atoms with Crippen molar-refractivity contribution in [3.05, 3.63) is 90.1 Å². The molecule has 0 unspecified atom stereocenters. The fourth-order valence-corrected chi connectivity index (χ4v) is 5.71. The average molecular weight is 392 g/mol. The highest BCUT2D eigenvalue weighted by atomic mass is 32.1. The summed E-state index contributed by atoms with van der Waals surface area (Å²) in [5, 5.41) is 2.69. The largest absolute Gasteiger partial charge is 0.256 e. The fourth-order valence-electron chi connectivity index (χ4n) is 4.65. The Bertz CT molecular complexity index is 1350. The average Bonchev–Trinajstić information content (AvgIpc) is 3.16. The molecule has 0 radical (unpaired) electrons. The van der Waals surface area contributed by atoms with Gasteiger partial charge in [-0.1, -0.05) is 42.5 Å². The topological polar surface area (TPSA) is 12.9 Å². The van der Waals surface area contributed by atoms with Gasteiger partial charge in [-0.3, -0.25) is 4.98 Å². The van der Waals surface area contributed by atoms with E-state index in [0.717, 1.165) is 6.42 Å². The number of aryl methyl sites for hydroxylation is 1. The Morgan fingerprint density at radius 2 is 1.38 bits per heavy atom. The summed E-state index contributed by atoms with van der Waals surface area (Å²) in [6.07, 6.45) is 6.90. The normalized spacial score (nSPS) is 13.7. The van der Waals surface area contributed by atoms with E-state index in [-0.39, 0.29) is 0 Å². The molecular formula is C27H21NS. The molecule has 0 atom stereocenters. The fraction of sp³-hybridized carbons (Fsp3) is 0.148. The minimum atomic E-state index is 1.15. The first-order chi connectivity index (χ1) is 14.4. The first kappa shape index (κ1) is 16.9. The molecule has 0 saturated heterocycles. The molecule has 2 heterocycles. The van der Waals surface area contributed by atoms with E-state index in [1.165, 1.54) is 72.9 Å². The minimum absolute atomic E-state index is 1.15. The zero-order chi connectivity index (χ0) is 19.2. The van der Waals surface area contributed by atoms with Crippen LogP contribution in [0.15, 0.2) is 79.0 Å². The summed E-state index contributed by atoms with van der Waals surface area (Å²) in [5.41, 5.74) is 7.93. The Morgan fingerprint density at radius 3 is 2.21 bits per heavy atom. The number of benzene rings is 3. The van der Waals surface area contributed by atoms with E-state index in [1.54, 1.807) is 0 Å². The number of rotatable bonds is 2. The van der Waals surface area contributed by atoms with Crippen molar-refractivity contribution in [2.45, 2.75) is 25.7 Å². The van der Waals surface area contributed by atoms with Gasteiger partial charge in [0, 0.05) is 31.9 Å². The van der Waals surface area contributed by atoms with Gasteiger partial charge in [0.25, 0.3) is 0 Å². The van der Waals surface area contributed by atoms with Crippen molar-refractivity contribution >= 4 is 31.5 Å². The lowest BCUT2D eigenvalue weighted by Crippen LogP contribution is -2.05. The lowest BCUT2D eigenvalue weighted by molar-refractivity contribution is 0.684. The summed E-state index contributed by atoms with van der Waals surface area (Å²) in [7, 11) is 0. The quantitative estimate of drug-likeness (QED) is 0.301. The highest BCUT2D eigenvalue weighted by Gasteiger charge is 2.16. The molecule has 29 heavy (non-hydrogen) atoms. The molecule has 140 valence electrons. The molecule has 0 saturated carbocycles. The van der Waals surface area contributed by atoms with Crippen LogP contribution in [0, 0.1) is 0 Å². The maximum absolute atomic E-state index is 4.80. The molecule has 0 amide bonds. The van der Waals surface area contributed by atoms with Crippen molar-refractivity contribution in [2.24, 2.45) is 0 Å². The van der Waals surface area contributed by atoms with Crippen molar-refractivity contribution in [1.29, 1.82) is 0 Å². The molecular weight excluding hydrogens is 370 g/mol. The van der Waals surface area contributed by atoms with Crippen LogP contribution in [0.4, 0.5) is 0 Å². The Kier molecular flexibility index (Phi) is 3.98. The highest BCUT2D eigenvalue weighted by Crippen LogP contribution is 2.39. The molecule has 0 bridgehead atoms. The van der Waals surface area contributed by atoms with Gasteiger partial charge in [-0.25, -0.2) is 0 Å². The van der Waals surface area contributed by atoms with Crippen molar-refractivity contribution < 1.29 is 0 Å². The van der Waals surface area contributed by atoms with E-state index in [9.17, 15) is 0 Å². The maximum Gasteiger partial charge on any atom is 0.0736 e. The number of pyridine rings is 1. The second-order valence-electron chi connectivity index (χ2n) is 7.89. The third kappa shape index (κ3) is 2.87. The standard InChI is InChI=1S/C27H21NS/c1-2-6-18(7-3-1)20-10-12-25-23(16-20)24-17-21(11-13-26(24)29-25)27-22-9-5-4-8-19(22)14-15-28-27/h1-3,6-7,10-17H,4-5,8-9H2. The summed E-state index contributed by atoms with van der Waals surface area (Å²) >= 11 is 1.88. The van der Waals surface area contributed by atoms with E-state index in [1.807, 2.05) is 17.5 Å².